The van der Waals surface area contributed by atoms with Crippen LogP contribution in [-0.4, -0.2) is 25.1 Å². The molecule has 0 atom stereocenters. The summed E-state index contributed by atoms with van der Waals surface area (Å²) >= 11 is 5.05. The number of hydrogen-bond donors (Lipinski definition) is 0. The maximum atomic E-state index is 11.4. The second kappa shape index (κ2) is 6.09. The molecule has 0 unspecified atom stereocenters. The fourth-order valence-corrected chi connectivity index (χ4v) is 3.75. The molecule has 1 aliphatic rings. The number of hydrogen-bond acceptors (Lipinski definition) is 4. The average molecular weight is 343 g/mol. The van der Waals surface area contributed by atoms with E-state index in [4.69, 9.17) is 4.74 Å². The molecule has 0 bridgehead atoms. The Bertz CT molecular complexity index is 497. The van der Waals surface area contributed by atoms with E-state index in [1.807, 2.05) is 12.1 Å². The van der Waals surface area contributed by atoms with Crippen molar-refractivity contribution in [1.29, 1.82) is 0 Å². The molecule has 1 saturated carbocycles. The van der Waals surface area contributed by atoms with Crippen LogP contribution in [0.25, 0.3) is 0 Å². The zero-order chi connectivity index (χ0) is 13.9. The third-order valence-corrected chi connectivity index (χ3v) is 5.26. The van der Waals surface area contributed by atoms with Crippen LogP contribution in [0.1, 0.15) is 29.6 Å². The van der Waals surface area contributed by atoms with Gasteiger partial charge in [0.05, 0.1) is 13.5 Å². The Morgan fingerprint density at radius 2 is 2.26 bits per heavy atom. The van der Waals surface area contributed by atoms with Crippen molar-refractivity contribution in [3.8, 4) is 0 Å². The number of aldehydes is 1. The van der Waals surface area contributed by atoms with Crippen molar-refractivity contribution in [1.82, 2.24) is 0 Å². The molecule has 0 spiro atoms. The van der Waals surface area contributed by atoms with Crippen LogP contribution in [-0.2, 0) is 9.53 Å². The van der Waals surface area contributed by atoms with Gasteiger partial charge in [-0.1, -0.05) is 15.9 Å². The minimum atomic E-state index is -0.150. The van der Waals surface area contributed by atoms with Gasteiger partial charge in [-0.05, 0) is 36.5 Å². The molecule has 5 heteroatoms. The number of carbonyl (C=O) groups excluding carboxylic acids is 2. The van der Waals surface area contributed by atoms with Crippen molar-refractivity contribution < 1.29 is 14.3 Å². The molecule has 102 valence electrons. The van der Waals surface area contributed by atoms with Crippen LogP contribution in [0.4, 0.5) is 0 Å². The SMILES string of the molecule is COC(=O)CC1(CSc2cc(Br)ccc2C=O)CC1. The van der Waals surface area contributed by atoms with Crippen LogP contribution in [0.3, 0.4) is 0 Å². The lowest BCUT2D eigenvalue weighted by Gasteiger charge is -2.14. The molecule has 3 nitrogen and oxygen atoms in total. The highest BCUT2D eigenvalue weighted by molar-refractivity contribution is 9.10. The van der Waals surface area contributed by atoms with E-state index in [1.165, 1.54) is 7.11 Å². The first kappa shape index (κ1) is 14.6. The topological polar surface area (TPSA) is 43.4 Å². The van der Waals surface area contributed by atoms with Gasteiger partial charge in [0, 0.05) is 20.7 Å². The van der Waals surface area contributed by atoms with Gasteiger partial charge in [-0.2, -0.15) is 0 Å². The quantitative estimate of drug-likeness (QED) is 0.449. The zero-order valence-electron chi connectivity index (χ0n) is 10.6. The molecule has 1 aromatic rings. The van der Waals surface area contributed by atoms with Gasteiger partial charge in [0.25, 0.3) is 0 Å². The first-order valence-electron chi connectivity index (χ1n) is 6.03. The second-order valence-electron chi connectivity index (χ2n) is 4.84. The van der Waals surface area contributed by atoms with E-state index in [1.54, 1.807) is 17.8 Å². The molecule has 0 aliphatic heterocycles. The van der Waals surface area contributed by atoms with E-state index in [-0.39, 0.29) is 11.4 Å². The minimum absolute atomic E-state index is 0.0697. The normalized spacial score (nSPS) is 15.9. The highest BCUT2D eigenvalue weighted by Gasteiger charge is 2.44. The Balaban J connectivity index is 2.01. The van der Waals surface area contributed by atoms with Gasteiger partial charge in [-0.3, -0.25) is 9.59 Å². The number of carbonyl (C=O) groups is 2. The Morgan fingerprint density at radius 3 is 2.84 bits per heavy atom. The molecular formula is C14H15BrO3S. The summed E-state index contributed by atoms with van der Waals surface area (Å²) in [6.45, 7) is 0. The average Bonchev–Trinajstić information content (AvgIpc) is 3.16. The first-order valence-corrected chi connectivity index (χ1v) is 7.81. The summed E-state index contributed by atoms with van der Waals surface area (Å²) < 4.78 is 5.69. The lowest BCUT2D eigenvalue weighted by Crippen LogP contribution is -2.13. The molecular weight excluding hydrogens is 328 g/mol. The lowest BCUT2D eigenvalue weighted by molar-refractivity contribution is -0.141. The summed E-state index contributed by atoms with van der Waals surface area (Å²) in [5.74, 6) is 0.697. The number of esters is 1. The van der Waals surface area contributed by atoms with E-state index >= 15 is 0 Å². The molecule has 0 aromatic heterocycles. The van der Waals surface area contributed by atoms with Crippen LogP contribution in [0.2, 0.25) is 0 Å². The number of halogens is 1. The standard InChI is InChI=1S/C14H15BrO3S/c1-18-13(17)7-14(4-5-14)9-19-12-6-11(15)3-2-10(12)8-16/h2-3,6,8H,4-5,7,9H2,1H3. The molecule has 0 N–H and O–H groups in total. The molecule has 1 aliphatic carbocycles. The fraction of sp³-hybridized carbons (Fsp3) is 0.429. The van der Waals surface area contributed by atoms with Crippen LogP contribution < -0.4 is 0 Å². The molecule has 0 radical (unpaired) electrons. The van der Waals surface area contributed by atoms with Gasteiger partial charge >= 0.3 is 5.97 Å². The minimum Gasteiger partial charge on any atom is -0.469 e. The number of benzene rings is 1. The Morgan fingerprint density at radius 1 is 1.53 bits per heavy atom. The zero-order valence-corrected chi connectivity index (χ0v) is 13.1. The third kappa shape index (κ3) is 3.83. The monoisotopic (exact) mass is 342 g/mol. The second-order valence-corrected chi connectivity index (χ2v) is 6.77. The van der Waals surface area contributed by atoms with Crippen molar-refractivity contribution in [2.24, 2.45) is 5.41 Å². The summed E-state index contributed by atoms with van der Waals surface area (Å²) in [7, 11) is 1.42. The molecule has 19 heavy (non-hydrogen) atoms. The van der Waals surface area contributed by atoms with Gasteiger partial charge in [0.2, 0.25) is 0 Å². The first-order chi connectivity index (χ1) is 9.08. The van der Waals surface area contributed by atoms with Crippen LogP contribution in [0.5, 0.6) is 0 Å². The molecule has 0 saturated heterocycles. The Labute approximate surface area is 125 Å². The van der Waals surface area contributed by atoms with Crippen LogP contribution in [0, 0.1) is 5.41 Å². The summed E-state index contributed by atoms with van der Waals surface area (Å²) in [6.07, 6.45) is 3.45. The summed E-state index contributed by atoms with van der Waals surface area (Å²) in [6, 6.07) is 5.61. The molecule has 2 rings (SSSR count). The predicted octanol–water partition coefficient (Wildman–Crippen LogP) is 3.70. The molecule has 1 fully saturated rings. The van der Waals surface area contributed by atoms with Gasteiger partial charge in [-0.15, -0.1) is 11.8 Å². The third-order valence-electron chi connectivity index (χ3n) is 3.34. The van der Waals surface area contributed by atoms with Crippen molar-refractivity contribution in [3.05, 3.63) is 28.2 Å². The lowest BCUT2D eigenvalue weighted by atomic mass is 10.1. The number of ether oxygens (including phenoxy) is 1. The van der Waals surface area contributed by atoms with Crippen molar-refractivity contribution in [3.63, 3.8) is 0 Å². The molecule has 1 aromatic carbocycles. The Kier molecular flexibility index (Phi) is 4.68. The molecule has 0 heterocycles. The van der Waals surface area contributed by atoms with E-state index in [0.717, 1.165) is 34.2 Å². The largest absolute Gasteiger partial charge is 0.469 e. The number of rotatable bonds is 6. The van der Waals surface area contributed by atoms with Gasteiger partial charge < -0.3 is 4.74 Å². The van der Waals surface area contributed by atoms with E-state index in [0.29, 0.717) is 12.0 Å². The van der Waals surface area contributed by atoms with Crippen molar-refractivity contribution in [2.75, 3.05) is 12.9 Å². The number of thioether (sulfide) groups is 1. The number of methoxy groups -OCH3 is 1. The summed E-state index contributed by atoms with van der Waals surface area (Å²) in [5.41, 5.74) is 0.766. The van der Waals surface area contributed by atoms with Gasteiger partial charge in [0.15, 0.2) is 6.29 Å². The fourth-order valence-electron chi connectivity index (χ4n) is 1.89. The summed E-state index contributed by atoms with van der Waals surface area (Å²) in [4.78, 5) is 23.3. The van der Waals surface area contributed by atoms with Crippen LogP contribution in [0.15, 0.2) is 27.6 Å². The van der Waals surface area contributed by atoms with E-state index in [2.05, 4.69) is 15.9 Å². The van der Waals surface area contributed by atoms with Gasteiger partial charge in [0.1, 0.15) is 0 Å². The Hall–Kier alpha value is -0.810. The predicted molar refractivity (Wildman–Crippen MR) is 78.6 cm³/mol. The highest BCUT2D eigenvalue weighted by atomic mass is 79.9. The van der Waals surface area contributed by atoms with E-state index < -0.39 is 0 Å². The van der Waals surface area contributed by atoms with Crippen molar-refractivity contribution in [2.45, 2.75) is 24.2 Å². The maximum Gasteiger partial charge on any atom is 0.306 e. The maximum absolute atomic E-state index is 11.4. The molecule has 0 amide bonds. The van der Waals surface area contributed by atoms with E-state index in [9.17, 15) is 9.59 Å². The van der Waals surface area contributed by atoms with Gasteiger partial charge in [-0.25, -0.2) is 0 Å². The smallest absolute Gasteiger partial charge is 0.306 e. The van der Waals surface area contributed by atoms with Crippen LogP contribution >= 0.6 is 27.7 Å². The highest BCUT2D eigenvalue weighted by Crippen LogP contribution is 2.52. The summed E-state index contributed by atoms with van der Waals surface area (Å²) in [5, 5.41) is 0. The van der Waals surface area contributed by atoms with Crippen molar-refractivity contribution >= 4 is 39.9 Å².